The highest BCUT2D eigenvalue weighted by molar-refractivity contribution is 5.80. The average molecular weight is 394 g/mol. The maximum absolute atomic E-state index is 11.6. The number of aryl methyl sites for hydroxylation is 1. The number of aromatic nitrogens is 3. The lowest BCUT2D eigenvalue weighted by Gasteiger charge is -2.34. The third-order valence-corrected chi connectivity index (χ3v) is 5.17. The van der Waals surface area contributed by atoms with E-state index in [0.717, 1.165) is 69.7 Å². The Kier molecular flexibility index (Phi) is 9.19. The number of likely N-dealkylation sites (tertiary alicyclic amines) is 1. The molecule has 1 aromatic rings. The molecule has 0 atom stereocenters. The van der Waals surface area contributed by atoms with Crippen molar-refractivity contribution in [3.63, 3.8) is 0 Å². The molecule has 1 saturated heterocycles. The van der Waals surface area contributed by atoms with Gasteiger partial charge in [0.15, 0.2) is 11.8 Å². The normalized spacial score (nSPS) is 15.7. The molecule has 1 aliphatic rings. The first-order valence-electron chi connectivity index (χ1n) is 10.2. The average Bonchev–Trinajstić information content (AvgIpc) is 3.03. The number of carbonyl (C=O) groups is 1. The Morgan fingerprint density at radius 3 is 2.68 bits per heavy atom. The van der Waals surface area contributed by atoms with Crippen molar-refractivity contribution >= 4 is 11.9 Å². The van der Waals surface area contributed by atoms with E-state index in [-0.39, 0.29) is 5.91 Å². The summed E-state index contributed by atoms with van der Waals surface area (Å²) in [7, 11) is 3.65. The Morgan fingerprint density at radius 1 is 1.32 bits per heavy atom. The van der Waals surface area contributed by atoms with Gasteiger partial charge < -0.3 is 24.8 Å². The molecular weight excluding hydrogens is 358 g/mol. The van der Waals surface area contributed by atoms with Crippen LogP contribution in [0.2, 0.25) is 0 Å². The first-order chi connectivity index (χ1) is 13.5. The summed E-state index contributed by atoms with van der Waals surface area (Å²) in [5.41, 5.74) is 0. The number of amides is 1. The highest BCUT2D eigenvalue weighted by atomic mass is 16.5. The predicted molar refractivity (Wildman–Crippen MR) is 109 cm³/mol. The Hall–Kier alpha value is -2.16. The fourth-order valence-electron chi connectivity index (χ4n) is 3.23. The maximum atomic E-state index is 11.6. The zero-order chi connectivity index (χ0) is 20.4. The lowest BCUT2D eigenvalue weighted by atomic mass is 9.93. The highest BCUT2D eigenvalue weighted by Gasteiger charge is 2.23. The molecule has 0 bridgehead atoms. The Labute approximate surface area is 167 Å². The Balaban J connectivity index is 1.94. The van der Waals surface area contributed by atoms with Crippen molar-refractivity contribution in [3.05, 3.63) is 11.6 Å². The number of hydrogen-bond acceptors (Lipinski definition) is 5. The van der Waals surface area contributed by atoms with Crippen molar-refractivity contribution in [2.45, 2.75) is 46.1 Å². The quantitative estimate of drug-likeness (QED) is 0.367. The van der Waals surface area contributed by atoms with Crippen LogP contribution in [0.1, 0.15) is 44.3 Å². The summed E-state index contributed by atoms with van der Waals surface area (Å²) < 4.78 is 7.38. The van der Waals surface area contributed by atoms with Crippen LogP contribution in [0, 0.1) is 12.8 Å². The molecule has 1 amide bonds. The smallest absolute Gasteiger partial charge is 0.220 e. The summed E-state index contributed by atoms with van der Waals surface area (Å²) in [6, 6.07) is 0. The minimum absolute atomic E-state index is 0.124. The van der Waals surface area contributed by atoms with Crippen molar-refractivity contribution in [2.75, 3.05) is 39.9 Å². The van der Waals surface area contributed by atoms with Crippen LogP contribution in [0.4, 0.5) is 0 Å². The van der Waals surface area contributed by atoms with Gasteiger partial charge in [0, 0.05) is 53.4 Å². The lowest BCUT2D eigenvalue weighted by molar-refractivity contribution is -0.121. The monoisotopic (exact) mass is 393 g/mol. The Morgan fingerprint density at radius 2 is 2.07 bits per heavy atom. The maximum Gasteiger partial charge on any atom is 0.220 e. The van der Waals surface area contributed by atoms with Crippen LogP contribution in [-0.2, 0) is 23.1 Å². The largest absolute Gasteiger partial charge is 0.382 e. The van der Waals surface area contributed by atoms with E-state index in [0.29, 0.717) is 18.9 Å². The second-order valence-corrected chi connectivity index (χ2v) is 7.15. The zero-order valence-electron chi connectivity index (χ0n) is 17.7. The van der Waals surface area contributed by atoms with Crippen molar-refractivity contribution in [1.82, 2.24) is 30.3 Å². The predicted octanol–water partition coefficient (Wildman–Crippen LogP) is 0.844. The number of carbonyl (C=O) groups excluding carboxylic acids is 1. The SMILES string of the molecule is CCOCCCNC(=NCc1nnc(C)n1C)N1CCC(CC(=O)NC)CC1. The number of nitrogens with one attached hydrogen (secondary N) is 2. The van der Waals surface area contributed by atoms with Gasteiger partial charge in [-0.25, -0.2) is 4.99 Å². The van der Waals surface area contributed by atoms with E-state index in [4.69, 9.17) is 9.73 Å². The molecule has 2 N–H and O–H groups in total. The molecule has 1 aliphatic heterocycles. The summed E-state index contributed by atoms with van der Waals surface area (Å²) >= 11 is 0. The topological polar surface area (TPSA) is 96.7 Å². The van der Waals surface area contributed by atoms with Crippen molar-refractivity contribution < 1.29 is 9.53 Å². The molecule has 2 heterocycles. The van der Waals surface area contributed by atoms with Gasteiger partial charge in [-0.2, -0.15) is 0 Å². The number of nitrogens with zero attached hydrogens (tertiary/aromatic N) is 5. The number of guanidine groups is 1. The van der Waals surface area contributed by atoms with Crippen LogP contribution < -0.4 is 10.6 Å². The van der Waals surface area contributed by atoms with Crippen LogP contribution in [0.25, 0.3) is 0 Å². The van der Waals surface area contributed by atoms with Crippen LogP contribution in [0.5, 0.6) is 0 Å². The first-order valence-corrected chi connectivity index (χ1v) is 10.2. The van der Waals surface area contributed by atoms with Crippen LogP contribution in [0.3, 0.4) is 0 Å². The molecule has 1 fully saturated rings. The number of ether oxygens (including phenoxy) is 1. The molecule has 0 aliphatic carbocycles. The van der Waals surface area contributed by atoms with Gasteiger partial charge in [-0.1, -0.05) is 0 Å². The van der Waals surface area contributed by atoms with Gasteiger partial charge in [0.2, 0.25) is 5.91 Å². The summed E-state index contributed by atoms with van der Waals surface area (Å²) in [6.45, 7) is 8.53. The van der Waals surface area contributed by atoms with Gasteiger partial charge in [-0.3, -0.25) is 4.79 Å². The number of piperidine rings is 1. The Bertz CT molecular complexity index is 636. The number of rotatable bonds is 9. The molecule has 2 rings (SSSR count). The number of hydrogen-bond donors (Lipinski definition) is 2. The number of aliphatic imine (C=N–C) groups is 1. The summed E-state index contributed by atoms with van der Waals surface area (Å²) in [5, 5.41) is 14.5. The van der Waals surface area contributed by atoms with Crippen LogP contribution >= 0.6 is 0 Å². The van der Waals surface area contributed by atoms with Crippen LogP contribution in [0.15, 0.2) is 4.99 Å². The summed E-state index contributed by atoms with van der Waals surface area (Å²) in [4.78, 5) is 18.7. The van der Waals surface area contributed by atoms with Gasteiger partial charge in [0.05, 0.1) is 0 Å². The van der Waals surface area contributed by atoms with Gasteiger partial charge in [0.25, 0.3) is 0 Å². The molecule has 0 radical (unpaired) electrons. The van der Waals surface area contributed by atoms with Gasteiger partial charge >= 0.3 is 0 Å². The van der Waals surface area contributed by atoms with E-state index < -0.39 is 0 Å². The molecule has 0 saturated carbocycles. The summed E-state index contributed by atoms with van der Waals surface area (Å²) in [6.07, 6.45) is 3.53. The third kappa shape index (κ3) is 6.78. The standard InChI is InChI=1S/C19H35N7O2/c1-5-28-12-6-9-21-19(22-14-17-24-23-15(2)25(17)4)26-10-7-16(8-11-26)13-18(27)20-3/h16H,5-14H2,1-4H3,(H,20,27)(H,21,22). The molecule has 0 aromatic carbocycles. The first kappa shape index (κ1) is 22.1. The molecule has 9 heteroatoms. The van der Waals surface area contributed by atoms with Gasteiger partial charge in [-0.05, 0) is 39.0 Å². The molecule has 28 heavy (non-hydrogen) atoms. The van der Waals surface area contributed by atoms with Crippen molar-refractivity contribution in [1.29, 1.82) is 0 Å². The van der Waals surface area contributed by atoms with E-state index >= 15 is 0 Å². The fourth-order valence-corrected chi connectivity index (χ4v) is 3.23. The fraction of sp³-hybridized carbons (Fsp3) is 0.789. The second kappa shape index (κ2) is 11.6. The van der Waals surface area contributed by atoms with E-state index in [1.165, 1.54) is 0 Å². The molecule has 0 spiro atoms. The zero-order valence-corrected chi connectivity index (χ0v) is 17.7. The summed E-state index contributed by atoms with van der Waals surface area (Å²) in [5.74, 6) is 3.19. The van der Waals surface area contributed by atoms with E-state index in [2.05, 4.69) is 25.7 Å². The van der Waals surface area contributed by atoms with Gasteiger partial charge in [0.1, 0.15) is 12.4 Å². The minimum Gasteiger partial charge on any atom is -0.382 e. The van der Waals surface area contributed by atoms with Crippen molar-refractivity contribution in [2.24, 2.45) is 18.0 Å². The third-order valence-electron chi connectivity index (χ3n) is 5.17. The molecule has 9 nitrogen and oxygen atoms in total. The second-order valence-electron chi connectivity index (χ2n) is 7.15. The molecule has 158 valence electrons. The van der Waals surface area contributed by atoms with E-state index in [9.17, 15) is 4.79 Å². The molecule has 0 unspecified atom stereocenters. The molecular formula is C19H35N7O2. The minimum atomic E-state index is 0.124. The van der Waals surface area contributed by atoms with Gasteiger partial charge in [-0.15, -0.1) is 10.2 Å². The van der Waals surface area contributed by atoms with Crippen LogP contribution in [-0.4, -0.2) is 71.4 Å². The van der Waals surface area contributed by atoms with E-state index in [1.807, 2.05) is 25.5 Å². The van der Waals surface area contributed by atoms with E-state index in [1.54, 1.807) is 7.05 Å². The lowest BCUT2D eigenvalue weighted by Crippen LogP contribution is -2.46. The highest BCUT2D eigenvalue weighted by Crippen LogP contribution is 2.20. The van der Waals surface area contributed by atoms with Crippen molar-refractivity contribution in [3.8, 4) is 0 Å². The molecule has 1 aromatic heterocycles.